The van der Waals surface area contributed by atoms with Crippen molar-refractivity contribution in [3.05, 3.63) is 46.3 Å². The van der Waals surface area contributed by atoms with E-state index < -0.39 is 10.0 Å². The predicted molar refractivity (Wildman–Crippen MR) is 75.8 cm³/mol. The van der Waals surface area contributed by atoms with E-state index in [9.17, 15) is 8.42 Å². The van der Waals surface area contributed by atoms with Gasteiger partial charge in [-0.2, -0.15) is 5.26 Å². The molecule has 0 fully saturated rings. The Balaban J connectivity index is 2.37. The number of nitriles is 1. The zero-order chi connectivity index (χ0) is 14.0. The number of nitrogens with one attached hydrogen (secondary N) is 1. The lowest BCUT2D eigenvalue weighted by molar-refractivity contribution is 0.603. The van der Waals surface area contributed by atoms with E-state index in [1.165, 1.54) is 12.1 Å². The number of benzene rings is 1. The van der Waals surface area contributed by atoms with Crippen LogP contribution in [0, 0.1) is 25.2 Å². The van der Waals surface area contributed by atoms with Gasteiger partial charge in [-0.1, -0.05) is 12.1 Å². The summed E-state index contributed by atoms with van der Waals surface area (Å²) in [6.07, 6.45) is 0. The molecule has 0 aliphatic rings. The SMILES string of the molecule is Cc1cccc(NS(=O)(=O)c2ccc(C#N)s2)c1C. The van der Waals surface area contributed by atoms with Crippen molar-refractivity contribution in [1.29, 1.82) is 5.26 Å². The van der Waals surface area contributed by atoms with Crippen LogP contribution >= 0.6 is 11.3 Å². The Hall–Kier alpha value is -1.84. The molecular formula is C13H12N2O2S2. The third-order valence-electron chi connectivity index (χ3n) is 2.81. The van der Waals surface area contributed by atoms with Crippen LogP contribution in [0.2, 0.25) is 0 Å². The van der Waals surface area contributed by atoms with Gasteiger partial charge in [-0.15, -0.1) is 11.3 Å². The summed E-state index contributed by atoms with van der Waals surface area (Å²) in [6.45, 7) is 3.79. The first-order valence-corrected chi connectivity index (χ1v) is 7.83. The monoisotopic (exact) mass is 292 g/mol. The Morgan fingerprint density at radius 3 is 2.58 bits per heavy atom. The summed E-state index contributed by atoms with van der Waals surface area (Å²) in [4.78, 5) is 0.376. The molecule has 0 spiro atoms. The number of nitrogens with zero attached hydrogens (tertiary/aromatic N) is 1. The molecule has 0 saturated heterocycles. The quantitative estimate of drug-likeness (QED) is 0.945. The van der Waals surface area contributed by atoms with E-state index in [4.69, 9.17) is 5.26 Å². The van der Waals surface area contributed by atoms with E-state index >= 15 is 0 Å². The molecule has 2 rings (SSSR count). The van der Waals surface area contributed by atoms with E-state index in [1.807, 2.05) is 26.0 Å². The molecule has 19 heavy (non-hydrogen) atoms. The smallest absolute Gasteiger partial charge is 0.271 e. The van der Waals surface area contributed by atoms with Gasteiger partial charge in [0.05, 0.1) is 5.69 Å². The second-order valence-electron chi connectivity index (χ2n) is 4.08. The van der Waals surface area contributed by atoms with E-state index in [1.54, 1.807) is 12.1 Å². The summed E-state index contributed by atoms with van der Waals surface area (Å²) >= 11 is 0.958. The number of anilines is 1. The fourth-order valence-electron chi connectivity index (χ4n) is 1.58. The Kier molecular flexibility index (Phi) is 3.60. The van der Waals surface area contributed by atoms with Crippen molar-refractivity contribution in [1.82, 2.24) is 0 Å². The zero-order valence-electron chi connectivity index (χ0n) is 10.5. The van der Waals surface area contributed by atoms with Crippen LogP contribution in [0.3, 0.4) is 0 Å². The number of hydrogen-bond donors (Lipinski definition) is 1. The van der Waals surface area contributed by atoms with Gasteiger partial charge in [0.15, 0.2) is 0 Å². The molecule has 0 saturated carbocycles. The maximum absolute atomic E-state index is 12.2. The van der Waals surface area contributed by atoms with Gasteiger partial charge in [0.25, 0.3) is 10.0 Å². The molecule has 0 amide bonds. The average molecular weight is 292 g/mol. The third kappa shape index (κ3) is 2.78. The standard InChI is InChI=1S/C13H12N2O2S2/c1-9-4-3-5-12(10(9)2)15-19(16,17)13-7-6-11(8-14)18-13/h3-7,15H,1-2H3. The first kappa shape index (κ1) is 13.6. The molecule has 0 unspecified atom stereocenters. The minimum absolute atomic E-state index is 0.143. The highest BCUT2D eigenvalue weighted by Crippen LogP contribution is 2.25. The first-order chi connectivity index (χ1) is 8.94. The molecular weight excluding hydrogens is 280 g/mol. The van der Waals surface area contributed by atoms with Crippen LogP contribution in [0.15, 0.2) is 34.5 Å². The van der Waals surface area contributed by atoms with Crippen molar-refractivity contribution in [2.45, 2.75) is 18.1 Å². The maximum atomic E-state index is 12.2. The van der Waals surface area contributed by atoms with Crippen molar-refractivity contribution in [3.8, 4) is 6.07 Å². The number of hydrogen-bond acceptors (Lipinski definition) is 4. The van der Waals surface area contributed by atoms with Crippen LogP contribution in [-0.2, 0) is 10.0 Å². The number of sulfonamides is 1. The molecule has 1 aromatic carbocycles. The number of rotatable bonds is 3. The predicted octanol–water partition coefficient (Wildman–Crippen LogP) is 3.04. The van der Waals surface area contributed by atoms with Gasteiger partial charge in [0, 0.05) is 0 Å². The highest BCUT2D eigenvalue weighted by atomic mass is 32.2. The molecule has 1 N–H and O–H groups in total. The van der Waals surface area contributed by atoms with Gasteiger partial charge in [0.1, 0.15) is 15.2 Å². The number of thiophene rings is 1. The lowest BCUT2D eigenvalue weighted by Gasteiger charge is -2.10. The Bertz CT molecular complexity index is 755. The van der Waals surface area contributed by atoms with Gasteiger partial charge in [-0.3, -0.25) is 4.72 Å². The fraction of sp³-hybridized carbons (Fsp3) is 0.154. The highest BCUT2D eigenvalue weighted by Gasteiger charge is 2.18. The normalized spacial score (nSPS) is 11.0. The molecule has 98 valence electrons. The second kappa shape index (κ2) is 5.03. The van der Waals surface area contributed by atoms with Crippen LogP contribution in [0.1, 0.15) is 16.0 Å². The molecule has 0 bridgehead atoms. The average Bonchev–Trinajstić information content (AvgIpc) is 2.84. The van der Waals surface area contributed by atoms with Gasteiger partial charge in [0.2, 0.25) is 0 Å². The summed E-state index contributed by atoms with van der Waals surface area (Å²) in [5, 5.41) is 8.73. The van der Waals surface area contributed by atoms with Crippen molar-refractivity contribution in [2.75, 3.05) is 4.72 Å². The van der Waals surface area contributed by atoms with Crippen molar-refractivity contribution < 1.29 is 8.42 Å². The van der Waals surface area contributed by atoms with Gasteiger partial charge in [-0.05, 0) is 43.2 Å². The lowest BCUT2D eigenvalue weighted by Crippen LogP contribution is -2.12. The largest absolute Gasteiger partial charge is 0.279 e. The van der Waals surface area contributed by atoms with Crippen LogP contribution in [-0.4, -0.2) is 8.42 Å². The third-order valence-corrected chi connectivity index (χ3v) is 5.65. The minimum Gasteiger partial charge on any atom is -0.279 e. The Morgan fingerprint density at radius 2 is 1.95 bits per heavy atom. The van der Waals surface area contributed by atoms with Crippen LogP contribution in [0.5, 0.6) is 0 Å². The molecule has 2 aromatic rings. The van der Waals surface area contributed by atoms with Crippen LogP contribution < -0.4 is 4.72 Å². The molecule has 1 aromatic heterocycles. The molecule has 0 aliphatic heterocycles. The molecule has 4 nitrogen and oxygen atoms in total. The molecule has 1 heterocycles. The van der Waals surface area contributed by atoms with Crippen molar-refractivity contribution in [3.63, 3.8) is 0 Å². The fourth-order valence-corrected chi connectivity index (χ4v) is 3.81. The van der Waals surface area contributed by atoms with Crippen molar-refractivity contribution >= 4 is 27.0 Å². The van der Waals surface area contributed by atoms with E-state index in [2.05, 4.69) is 4.72 Å². The van der Waals surface area contributed by atoms with E-state index in [0.29, 0.717) is 10.6 Å². The lowest BCUT2D eigenvalue weighted by atomic mass is 10.1. The van der Waals surface area contributed by atoms with Crippen LogP contribution in [0.25, 0.3) is 0 Å². The van der Waals surface area contributed by atoms with Gasteiger partial charge < -0.3 is 0 Å². The maximum Gasteiger partial charge on any atom is 0.271 e. The van der Waals surface area contributed by atoms with Gasteiger partial charge in [-0.25, -0.2) is 8.42 Å². The molecule has 0 radical (unpaired) electrons. The minimum atomic E-state index is -3.62. The van der Waals surface area contributed by atoms with Gasteiger partial charge >= 0.3 is 0 Å². The summed E-state index contributed by atoms with van der Waals surface area (Å²) in [6, 6.07) is 10.3. The summed E-state index contributed by atoms with van der Waals surface area (Å²) in [5.41, 5.74) is 2.47. The van der Waals surface area contributed by atoms with E-state index in [-0.39, 0.29) is 4.21 Å². The summed E-state index contributed by atoms with van der Waals surface area (Å²) in [5.74, 6) is 0. The number of aryl methyl sites for hydroxylation is 1. The first-order valence-electron chi connectivity index (χ1n) is 5.53. The highest BCUT2D eigenvalue weighted by molar-refractivity contribution is 7.94. The summed E-state index contributed by atoms with van der Waals surface area (Å²) < 4.78 is 27.1. The topological polar surface area (TPSA) is 70.0 Å². The zero-order valence-corrected chi connectivity index (χ0v) is 12.1. The molecule has 0 aliphatic carbocycles. The van der Waals surface area contributed by atoms with E-state index in [0.717, 1.165) is 22.5 Å². The van der Waals surface area contributed by atoms with Crippen LogP contribution in [0.4, 0.5) is 5.69 Å². The molecule has 0 atom stereocenters. The molecule has 6 heteroatoms. The second-order valence-corrected chi connectivity index (χ2v) is 7.08. The Morgan fingerprint density at radius 1 is 1.21 bits per heavy atom. The van der Waals surface area contributed by atoms with Crippen molar-refractivity contribution in [2.24, 2.45) is 0 Å². The summed E-state index contributed by atoms with van der Waals surface area (Å²) in [7, 11) is -3.62. The Labute approximate surface area is 116 Å².